The lowest BCUT2D eigenvalue weighted by atomic mass is 9.97. The van der Waals surface area contributed by atoms with Crippen LogP contribution in [-0.2, 0) is 6.42 Å². The minimum atomic E-state index is -0.356. The topological polar surface area (TPSA) is 12.0 Å². The highest BCUT2D eigenvalue weighted by Crippen LogP contribution is 2.30. The standard InChI is InChI=1S/C17H18Cl2FN/c1-3-21-15(13-8-4-6-11(2)16(13)19)10-12-7-5-9-14(18)17(12)20/h4-9,15,21H,3,10H2,1-2H3. The molecular weight excluding hydrogens is 308 g/mol. The van der Waals surface area contributed by atoms with E-state index in [1.54, 1.807) is 18.2 Å². The van der Waals surface area contributed by atoms with Gasteiger partial charge in [-0.15, -0.1) is 0 Å². The third-order valence-corrected chi connectivity index (χ3v) is 4.31. The molecule has 0 amide bonds. The summed E-state index contributed by atoms with van der Waals surface area (Å²) in [6, 6.07) is 10.9. The number of likely N-dealkylation sites (N-methyl/N-ethyl adjacent to an activating group) is 1. The van der Waals surface area contributed by atoms with Gasteiger partial charge in [-0.1, -0.05) is 60.5 Å². The van der Waals surface area contributed by atoms with Crippen LogP contribution in [0.15, 0.2) is 36.4 Å². The lowest BCUT2D eigenvalue weighted by Gasteiger charge is -2.21. The Hall–Kier alpha value is -1.09. The highest BCUT2D eigenvalue weighted by Gasteiger charge is 2.18. The summed E-state index contributed by atoms with van der Waals surface area (Å²) in [5.41, 5.74) is 2.59. The SMILES string of the molecule is CCNC(Cc1cccc(Cl)c1F)c1cccc(C)c1Cl. The molecule has 21 heavy (non-hydrogen) atoms. The minimum Gasteiger partial charge on any atom is -0.310 e. The number of benzene rings is 2. The second-order valence-electron chi connectivity index (χ2n) is 5.01. The van der Waals surface area contributed by atoms with Gasteiger partial charge in [0.1, 0.15) is 5.82 Å². The van der Waals surface area contributed by atoms with Gasteiger partial charge in [0.2, 0.25) is 0 Å². The summed E-state index contributed by atoms with van der Waals surface area (Å²) in [6.07, 6.45) is 0.503. The maximum Gasteiger partial charge on any atom is 0.145 e. The first-order chi connectivity index (χ1) is 10.0. The van der Waals surface area contributed by atoms with Gasteiger partial charge in [-0.3, -0.25) is 0 Å². The Balaban J connectivity index is 2.35. The van der Waals surface area contributed by atoms with Crippen molar-refractivity contribution in [2.75, 3.05) is 6.54 Å². The zero-order chi connectivity index (χ0) is 15.4. The third kappa shape index (κ3) is 3.76. The second-order valence-corrected chi connectivity index (χ2v) is 5.79. The van der Waals surface area contributed by atoms with Crippen molar-refractivity contribution in [2.45, 2.75) is 26.3 Å². The van der Waals surface area contributed by atoms with Gasteiger partial charge in [0.15, 0.2) is 0 Å². The summed E-state index contributed by atoms with van der Waals surface area (Å²) < 4.78 is 14.1. The molecule has 0 radical (unpaired) electrons. The Kier molecular flexibility index (Phi) is 5.63. The van der Waals surface area contributed by atoms with Gasteiger partial charge in [-0.05, 0) is 42.6 Å². The fourth-order valence-corrected chi connectivity index (χ4v) is 2.86. The van der Waals surface area contributed by atoms with E-state index in [-0.39, 0.29) is 16.9 Å². The summed E-state index contributed by atoms with van der Waals surface area (Å²) in [4.78, 5) is 0. The van der Waals surface area contributed by atoms with E-state index < -0.39 is 0 Å². The maximum atomic E-state index is 14.1. The molecule has 1 unspecified atom stereocenters. The molecule has 0 saturated heterocycles. The molecule has 2 rings (SSSR count). The summed E-state index contributed by atoms with van der Waals surface area (Å²) in [7, 11) is 0. The molecule has 0 aliphatic rings. The monoisotopic (exact) mass is 325 g/mol. The Bertz CT molecular complexity index is 628. The first kappa shape index (κ1) is 16.3. The van der Waals surface area contributed by atoms with Crippen LogP contribution in [0.1, 0.15) is 29.7 Å². The molecule has 112 valence electrons. The first-order valence-corrected chi connectivity index (χ1v) is 7.71. The average Bonchev–Trinajstić information content (AvgIpc) is 2.46. The molecule has 1 N–H and O–H groups in total. The molecule has 1 nitrogen and oxygen atoms in total. The first-order valence-electron chi connectivity index (χ1n) is 6.95. The number of halogens is 3. The Morgan fingerprint density at radius 2 is 1.86 bits per heavy atom. The van der Waals surface area contributed by atoms with E-state index in [1.165, 1.54) is 0 Å². The van der Waals surface area contributed by atoms with Crippen molar-refractivity contribution in [1.29, 1.82) is 0 Å². The molecule has 0 saturated carbocycles. The smallest absolute Gasteiger partial charge is 0.145 e. The number of nitrogens with one attached hydrogen (secondary N) is 1. The van der Waals surface area contributed by atoms with E-state index in [0.29, 0.717) is 12.0 Å². The third-order valence-electron chi connectivity index (χ3n) is 3.50. The second kappa shape index (κ2) is 7.26. The van der Waals surface area contributed by atoms with Gasteiger partial charge < -0.3 is 5.32 Å². The Morgan fingerprint density at radius 1 is 1.14 bits per heavy atom. The molecular formula is C17H18Cl2FN. The molecule has 2 aromatic carbocycles. The number of hydrogen-bond donors (Lipinski definition) is 1. The van der Waals surface area contributed by atoms with Gasteiger partial charge in [-0.25, -0.2) is 4.39 Å². The molecule has 1 atom stereocenters. The highest BCUT2D eigenvalue weighted by molar-refractivity contribution is 6.32. The molecule has 0 fully saturated rings. The van der Waals surface area contributed by atoms with Gasteiger partial charge in [0.25, 0.3) is 0 Å². The lowest BCUT2D eigenvalue weighted by Crippen LogP contribution is -2.23. The van der Waals surface area contributed by atoms with E-state index >= 15 is 0 Å². The van der Waals surface area contributed by atoms with Crippen molar-refractivity contribution in [3.05, 3.63) is 69.0 Å². The fourth-order valence-electron chi connectivity index (χ4n) is 2.40. The van der Waals surface area contributed by atoms with Crippen molar-refractivity contribution < 1.29 is 4.39 Å². The Morgan fingerprint density at radius 3 is 2.57 bits per heavy atom. The van der Waals surface area contributed by atoms with Crippen molar-refractivity contribution >= 4 is 23.2 Å². The predicted molar refractivity (Wildman–Crippen MR) is 87.7 cm³/mol. The molecule has 0 spiro atoms. The van der Waals surface area contributed by atoms with Crippen LogP contribution in [0.3, 0.4) is 0 Å². The van der Waals surface area contributed by atoms with Crippen molar-refractivity contribution in [2.24, 2.45) is 0 Å². The molecule has 0 aliphatic heterocycles. The van der Waals surface area contributed by atoms with E-state index in [0.717, 1.165) is 22.7 Å². The zero-order valence-electron chi connectivity index (χ0n) is 12.1. The predicted octanol–water partition coefficient (Wildman–Crippen LogP) is 5.33. The lowest BCUT2D eigenvalue weighted by molar-refractivity contribution is 0.528. The number of aryl methyl sites for hydroxylation is 1. The van der Waals surface area contributed by atoms with Crippen molar-refractivity contribution in [3.8, 4) is 0 Å². The molecule has 2 aromatic rings. The van der Waals surface area contributed by atoms with E-state index in [2.05, 4.69) is 5.32 Å². The molecule has 0 heterocycles. The molecule has 4 heteroatoms. The Labute approximate surface area is 135 Å². The maximum absolute atomic E-state index is 14.1. The summed E-state index contributed by atoms with van der Waals surface area (Å²) in [5.74, 6) is -0.356. The highest BCUT2D eigenvalue weighted by atomic mass is 35.5. The summed E-state index contributed by atoms with van der Waals surface area (Å²) in [6.45, 7) is 4.76. The van der Waals surface area contributed by atoms with Crippen LogP contribution < -0.4 is 5.32 Å². The fraction of sp³-hybridized carbons (Fsp3) is 0.294. The van der Waals surface area contributed by atoms with Crippen LogP contribution in [0.5, 0.6) is 0 Å². The van der Waals surface area contributed by atoms with Crippen molar-refractivity contribution in [1.82, 2.24) is 5.32 Å². The average molecular weight is 326 g/mol. The zero-order valence-corrected chi connectivity index (χ0v) is 13.6. The molecule has 0 bridgehead atoms. The van der Waals surface area contributed by atoms with E-state index in [4.69, 9.17) is 23.2 Å². The van der Waals surface area contributed by atoms with Crippen LogP contribution in [0, 0.1) is 12.7 Å². The summed E-state index contributed by atoms with van der Waals surface area (Å²) in [5, 5.41) is 4.25. The minimum absolute atomic E-state index is 0.0460. The van der Waals surface area contributed by atoms with Crippen LogP contribution in [-0.4, -0.2) is 6.54 Å². The van der Waals surface area contributed by atoms with E-state index in [1.807, 2.05) is 32.0 Å². The number of rotatable bonds is 5. The van der Waals surface area contributed by atoms with Gasteiger partial charge in [0.05, 0.1) is 5.02 Å². The van der Waals surface area contributed by atoms with Gasteiger partial charge in [0, 0.05) is 11.1 Å². The van der Waals surface area contributed by atoms with E-state index in [9.17, 15) is 4.39 Å². The van der Waals surface area contributed by atoms with Gasteiger partial charge >= 0.3 is 0 Å². The van der Waals surface area contributed by atoms with Crippen molar-refractivity contribution in [3.63, 3.8) is 0 Å². The quantitative estimate of drug-likeness (QED) is 0.782. The van der Waals surface area contributed by atoms with Crippen LogP contribution in [0.4, 0.5) is 4.39 Å². The molecule has 0 aromatic heterocycles. The normalized spacial score (nSPS) is 12.4. The van der Waals surface area contributed by atoms with Crippen LogP contribution in [0.25, 0.3) is 0 Å². The summed E-state index contributed by atoms with van der Waals surface area (Å²) >= 11 is 12.3. The largest absolute Gasteiger partial charge is 0.310 e. The van der Waals surface area contributed by atoms with Gasteiger partial charge in [-0.2, -0.15) is 0 Å². The van der Waals surface area contributed by atoms with Crippen LogP contribution in [0.2, 0.25) is 10.0 Å². The van der Waals surface area contributed by atoms with Crippen LogP contribution >= 0.6 is 23.2 Å². The number of hydrogen-bond acceptors (Lipinski definition) is 1. The molecule has 0 aliphatic carbocycles.